The second-order valence-electron chi connectivity index (χ2n) is 4.50. The average Bonchev–Trinajstić information content (AvgIpc) is 2.34. The Morgan fingerprint density at radius 1 is 1.11 bits per heavy atom. The average molecular weight is 295 g/mol. The monoisotopic (exact) mass is 294 g/mol. The number of nitrogen functional groups attached to an aromatic ring is 1. The maximum Gasteiger partial charge on any atom is 0.0574 e. The second kappa shape index (κ2) is 6.18. The summed E-state index contributed by atoms with van der Waals surface area (Å²) in [6.07, 6.45) is 0.823. The van der Waals surface area contributed by atoms with E-state index < -0.39 is 0 Å². The Hall–Kier alpha value is -1.38. The molecule has 4 heteroatoms. The predicted octanol–water partition coefficient (Wildman–Crippen LogP) is 4.54. The Morgan fingerprint density at radius 3 is 2.58 bits per heavy atom. The highest BCUT2D eigenvalue weighted by Gasteiger charge is 2.02. The topological polar surface area (TPSA) is 38.0 Å². The van der Waals surface area contributed by atoms with Crippen molar-refractivity contribution in [3.63, 3.8) is 0 Å². The molecule has 0 aliphatic rings. The molecule has 0 bridgehead atoms. The van der Waals surface area contributed by atoms with Crippen LogP contribution in [0.3, 0.4) is 0 Å². The molecule has 0 aliphatic carbocycles. The fraction of sp³-hybridized carbons (Fsp3) is 0.200. The first kappa shape index (κ1) is 14.0. The van der Waals surface area contributed by atoms with Crippen molar-refractivity contribution in [1.29, 1.82) is 0 Å². The zero-order chi connectivity index (χ0) is 13.8. The molecule has 100 valence electrons. The van der Waals surface area contributed by atoms with E-state index in [-0.39, 0.29) is 0 Å². The highest BCUT2D eigenvalue weighted by Crippen LogP contribution is 2.22. The normalized spacial score (nSPS) is 10.5. The van der Waals surface area contributed by atoms with Crippen molar-refractivity contribution in [3.05, 3.63) is 57.6 Å². The van der Waals surface area contributed by atoms with Gasteiger partial charge in [0.15, 0.2) is 0 Å². The van der Waals surface area contributed by atoms with Gasteiger partial charge in [0.2, 0.25) is 0 Å². The van der Waals surface area contributed by atoms with E-state index in [0.29, 0.717) is 10.0 Å². The molecule has 2 nitrogen and oxygen atoms in total. The molecule has 0 atom stereocenters. The van der Waals surface area contributed by atoms with Gasteiger partial charge in [-0.1, -0.05) is 35.3 Å². The molecule has 0 heterocycles. The van der Waals surface area contributed by atoms with Crippen LogP contribution in [0.2, 0.25) is 10.0 Å². The number of halogens is 2. The number of nitrogens with one attached hydrogen (secondary N) is 1. The Balaban J connectivity index is 1.96. The fourth-order valence-electron chi connectivity index (χ4n) is 1.90. The lowest BCUT2D eigenvalue weighted by atomic mass is 10.1. The van der Waals surface area contributed by atoms with E-state index in [1.165, 1.54) is 0 Å². The summed E-state index contributed by atoms with van der Waals surface area (Å²) in [6.45, 7) is 2.79. The molecule has 0 aromatic heterocycles. The summed E-state index contributed by atoms with van der Waals surface area (Å²) in [5.74, 6) is 0. The molecule has 2 aromatic rings. The molecule has 2 rings (SSSR count). The smallest absolute Gasteiger partial charge is 0.0574 e. The molecule has 0 unspecified atom stereocenters. The third kappa shape index (κ3) is 3.79. The summed E-state index contributed by atoms with van der Waals surface area (Å²) in [5, 5.41) is 4.67. The van der Waals surface area contributed by atoms with Crippen molar-refractivity contribution in [3.8, 4) is 0 Å². The molecule has 19 heavy (non-hydrogen) atoms. The van der Waals surface area contributed by atoms with Gasteiger partial charge in [-0.25, -0.2) is 0 Å². The lowest BCUT2D eigenvalue weighted by molar-refractivity contribution is 1.02. The minimum absolute atomic E-state index is 0.657. The minimum Gasteiger partial charge on any atom is -0.397 e. The van der Waals surface area contributed by atoms with Crippen LogP contribution >= 0.6 is 23.2 Å². The van der Waals surface area contributed by atoms with E-state index >= 15 is 0 Å². The van der Waals surface area contributed by atoms with Gasteiger partial charge in [-0.2, -0.15) is 0 Å². The van der Waals surface area contributed by atoms with Gasteiger partial charge in [0.25, 0.3) is 0 Å². The quantitative estimate of drug-likeness (QED) is 0.813. The van der Waals surface area contributed by atoms with Crippen LogP contribution in [0.25, 0.3) is 0 Å². The van der Waals surface area contributed by atoms with E-state index in [1.54, 1.807) is 6.07 Å². The third-order valence-corrected chi connectivity index (χ3v) is 3.52. The predicted molar refractivity (Wildman–Crippen MR) is 84.2 cm³/mol. The molecule has 0 spiro atoms. The molecule has 0 amide bonds. The van der Waals surface area contributed by atoms with E-state index in [0.717, 1.165) is 35.5 Å². The number of rotatable bonds is 4. The molecule has 0 saturated carbocycles. The molecule has 0 fully saturated rings. The van der Waals surface area contributed by atoms with Gasteiger partial charge in [0, 0.05) is 16.6 Å². The lowest BCUT2D eigenvalue weighted by Gasteiger charge is -2.10. The summed E-state index contributed by atoms with van der Waals surface area (Å²) >= 11 is 12.0. The zero-order valence-electron chi connectivity index (χ0n) is 10.7. The van der Waals surface area contributed by atoms with Gasteiger partial charge in [0.05, 0.1) is 11.4 Å². The summed E-state index contributed by atoms with van der Waals surface area (Å²) in [7, 11) is 0. The van der Waals surface area contributed by atoms with Crippen LogP contribution in [0, 0.1) is 6.92 Å². The zero-order valence-corrected chi connectivity index (χ0v) is 12.2. The number of aryl methyl sites for hydroxylation is 1. The van der Waals surface area contributed by atoms with Gasteiger partial charge < -0.3 is 11.1 Å². The maximum absolute atomic E-state index is 6.13. The summed E-state index contributed by atoms with van der Waals surface area (Å²) in [4.78, 5) is 0. The van der Waals surface area contributed by atoms with Crippen molar-refractivity contribution in [2.45, 2.75) is 13.3 Å². The molecule has 2 aromatic carbocycles. The Bertz CT molecular complexity index is 531. The summed E-state index contributed by atoms with van der Waals surface area (Å²) < 4.78 is 0. The van der Waals surface area contributed by atoms with E-state index in [1.807, 2.05) is 37.3 Å². The lowest BCUT2D eigenvalue weighted by Crippen LogP contribution is -2.07. The van der Waals surface area contributed by atoms with Crippen molar-refractivity contribution >= 4 is 34.6 Å². The molecule has 3 N–H and O–H groups in total. The number of nitrogens with two attached hydrogens (primary N) is 1. The standard InChI is InChI=1S/C15H16Cl2N2/c1-10-2-5-15(14(18)8-10)19-7-6-11-3-4-12(16)9-13(11)17/h2-5,8-9,19H,6-7,18H2,1H3. The van der Waals surface area contributed by atoms with Gasteiger partial charge in [-0.3, -0.25) is 0 Å². The molecular formula is C15H16Cl2N2. The van der Waals surface area contributed by atoms with Crippen LogP contribution in [-0.4, -0.2) is 6.54 Å². The van der Waals surface area contributed by atoms with Crippen LogP contribution in [0.1, 0.15) is 11.1 Å². The number of hydrogen-bond donors (Lipinski definition) is 2. The molecular weight excluding hydrogens is 279 g/mol. The minimum atomic E-state index is 0.657. The highest BCUT2D eigenvalue weighted by atomic mass is 35.5. The van der Waals surface area contributed by atoms with Crippen LogP contribution in [0.15, 0.2) is 36.4 Å². The van der Waals surface area contributed by atoms with Gasteiger partial charge >= 0.3 is 0 Å². The first-order chi connectivity index (χ1) is 9.06. The highest BCUT2D eigenvalue weighted by molar-refractivity contribution is 6.35. The Labute approximate surface area is 123 Å². The first-order valence-electron chi connectivity index (χ1n) is 6.10. The van der Waals surface area contributed by atoms with Gasteiger partial charge in [-0.05, 0) is 48.7 Å². The number of benzene rings is 2. The Morgan fingerprint density at radius 2 is 1.89 bits per heavy atom. The van der Waals surface area contributed by atoms with E-state index in [4.69, 9.17) is 28.9 Å². The Kier molecular flexibility index (Phi) is 4.56. The van der Waals surface area contributed by atoms with E-state index in [2.05, 4.69) is 5.32 Å². The van der Waals surface area contributed by atoms with Crippen LogP contribution in [0.4, 0.5) is 11.4 Å². The number of anilines is 2. The van der Waals surface area contributed by atoms with Crippen LogP contribution in [-0.2, 0) is 6.42 Å². The second-order valence-corrected chi connectivity index (χ2v) is 5.35. The SMILES string of the molecule is Cc1ccc(NCCc2ccc(Cl)cc2Cl)c(N)c1. The summed E-state index contributed by atoms with van der Waals surface area (Å²) in [6, 6.07) is 11.5. The molecule has 0 radical (unpaired) electrons. The summed E-state index contributed by atoms with van der Waals surface area (Å²) in [5.41, 5.74) is 9.89. The van der Waals surface area contributed by atoms with Crippen molar-refractivity contribution in [2.75, 3.05) is 17.6 Å². The third-order valence-electron chi connectivity index (χ3n) is 2.93. The first-order valence-corrected chi connectivity index (χ1v) is 6.86. The molecule has 0 aliphatic heterocycles. The van der Waals surface area contributed by atoms with Gasteiger partial charge in [-0.15, -0.1) is 0 Å². The molecule has 0 saturated heterocycles. The number of hydrogen-bond acceptors (Lipinski definition) is 2. The van der Waals surface area contributed by atoms with Gasteiger partial charge in [0.1, 0.15) is 0 Å². The van der Waals surface area contributed by atoms with E-state index in [9.17, 15) is 0 Å². The largest absolute Gasteiger partial charge is 0.397 e. The van der Waals surface area contributed by atoms with Crippen LogP contribution in [0.5, 0.6) is 0 Å². The van der Waals surface area contributed by atoms with Crippen molar-refractivity contribution in [1.82, 2.24) is 0 Å². The fourth-order valence-corrected chi connectivity index (χ4v) is 2.40. The maximum atomic E-state index is 6.13. The van der Waals surface area contributed by atoms with Crippen molar-refractivity contribution in [2.24, 2.45) is 0 Å². The van der Waals surface area contributed by atoms with Crippen LogP contribution < -0.4 is 11.1 Å². The van der Waals surface area contributed by atoms with Crippen molar-refractivity contribution < 1.29 is 0 Å².